The van der Waals surface area contributed by atoms with Gasteiger partial charge in [-0.25, -0.2) is 4.39 Å². The van der Waals surface area contributed by atoms with Crippen LogP contribution in [-0.4, -0.2) is 46.4 Å². The molecule has 27 heavy (non-hydrogen) atoms. The molecule has 1 aliphatic rings. The zero-order valence-corrected chi connectivity index (χ0v) is 18.8. The molecule has 1 fully saturated rings. The highest BCUT2D eigenvalue weighted by Crippen LogP contribution is 2.40. The molecule has 0 amide bonds. The molecule has 2 rings (SSSR count). The van der Waals surface area contributed by atoms with Crippen molar-refractivity contribution in [2.45, 2.75) is 38.5 Å². The maximum absolute atomic E-state index is 12.8. The Morgan fingerprint density at radius 2 is 1.85 bits per heavy atom. The summed E-state index contributed by atoms with van der Waals surface area (Å²) in [6.07, 6.45) is 7.06. The van der Waals surface area contributed by atoms with E-state index in [4.69, 9.17) is 9.47 Å². The molecule has 1 aliphatic carbocycles. The number of halogens is 2. The molecule has 0 bridgehead atoms. The van der Waals surface area contributed by atoms with E-state index in [0.29, 0.717) is 17.8 Å². The second kappa shape index (κ2) is 13.1. The Balaban J connectivity index is 0.00000364. The summed E-state index contributed by atoms with van der Waals surface area (Å²) >= 11 is 0. The van der Waals surface area contributed by atoms with E-state index in [2.05, 4.69) is 15.6 Å². The highest BCUT2D eigenvalue weighted by molar-refractivity contribution is 14.0. The van der Waals surface area contributed by atoms with Gasteiger partial charge in [0.05, 0.1) is 6.61 Å². The number of ether oxygens (including phenoxy) is 2. The van der Waals surface area contributed by atoms with E-state index in [0.717, 1.165) is 38.5 Å². The van der Waals surface area contributed by atoms with Crippen molar-refractivity contribution in [3.8, 4) is 5.75 Å². The van der Waals surface area contributed by atoms with E-state index >= 15 is 0 Å². The van der Waals surface area contributed by atoms with Crippen LogP contribution in [0.2, 0.25) is 0 Å². The lowest BCUT2D eigenvalue weighted by Crippen LogP contribution is -2.43. The Morgan fingerprint density at radius 1 is 1.15 bits per heavy atom. The average Bonchev–Trinajstić information content (AvgIpc) is 3.13. The molecule has 0 unspecified atom stereocenters. The second-order valence-corrected chi connectivity index (χ2v) is 6.96. The third kappa shape index (κ3) is 8.64. The van der Waals surface area contributed by atoms with E-state index in [1.807, 2.05) is 0 Å². The van der Waals surface area contributed by atoms with Crippen LogP contribution >= 0.6 is 24.0 Å². The summed E-state index contributed by atoms with van der Waals surface area (Å²) in [6, 6.07) is 6.10. The Labute approximate surface area is 179 Å². The van der Waals surface area contributed by atoms with Crippen LogP contribution in [-0.2, 0) is 4.74 Å². The van der Waals surface area contributed by atoms with E-state index in [1.165, 1.54) is 37.8 Å². The molecule has 1 aromatic rings. The van der Waals surface area contributed by atoms with Gasteiger partial charge in [-0.2, -0.15) is 0 Å². The molecule has 154 valence electrons. The molecule has 0 aliphatic heterocycles. The summed E-state index contributed by atoms with van der Waals surface area (Å²) in [5.41, 5.74) is 0.333. The molecule has 1 aromatic carbocycles. The fraction of sp³-hybridized carbons (Fsp3) is 0.650. The number of hydrogen-bond acceptors (Lipinski definition) is 3. The van der Waals surface area contributed by atoms with Gasteiger partial charge in [0.25, 0.3) is 0 Å². The molecule has 2 N–H and O–H groups in total. The fourth-order valence-electron chi connectivity index (χ4n) is 3.45. The summed E-state index contributed by atoms with van der Waals surface area (Å²) in [6.45, 7) is 3.09. The van der Waals surface area contributed by atoms with Crippen molar-refractivity contribution in [3.05, 3.63) is 30.1 Å². The predicted octanol–water partition coefficient (Wildman–Crippen LogP) is 3.97. The van der Waals surface area contributed by atoms with Crippen LogP contribution in [0.4, 0.5) is 4.39 Å². The van der Waals surface area contributed by atoms with Crippen molar-refractivity contribution in [3.63, 3.8) is 0 Å². The first kappa shape index (κ1) is 23.9. The molecule has 0 heterocycles. The van der Waals surface area contributed by atoms with Gasteiger partial charge in [-0.1, -0.05) is 12.8 Å². The first-order valence-corrected chi connectivity index (χ1v) is 9.49. The summed E-state index contributed by atoms with van der Waals surface area (Å²) in [5, 5.41) is 6.81. The first-order chi connectivity index (χ1) is 12.7. The monoisotopic (exact) mass is 493 g/mol. The Bertz CT molecular complexity index is 549. The number of aliphatic imine (C=N–C) groups is 1. The molecule has 0 spiro atoms. The Kier molecular flexibility index (Phi) is 11.7. The number of benzene rings is 1. The minimum absolute atomic E-state index is 0. The van der Waals surface area contributed by atoms with Crippen molar-refractivity contribution in [1.82, 2.24) is 10.6 Å². The van der Waals surface area contributed by atoms with Gasteiger partial charge >= 0.3 is 0 Å². The van der Waals surface area contributed by atoms with Crippen molar-refractivity contribution < 1.29 is 13.9 Å². The number of nitrogens with one attached hydrogen (secondary N) is 2. The minimum atomic E-state index is -0.251. The summed E-state index contributed by atoms with van der Waals surface area (Å²) in [5.74, 6) is 1.27. The molecule has 7 heteroatoms. The van der Waals surface area contributed by atoms with Gasteiger partial charge in [-0.3, -0.25) is 4.99 Å². The van der Waals surface area contributed by atoms with Crippen LogP contribution in [0.1, 0.15) is 38.5 Å². The van der Waals surface area contributed by atoms with Crippen LogP contribution in [0.3, 0.4) is 0 Å². The van der Waals surface area contributed by atoms with Gasteiger partial charge in [-0.15, -0.1) is 24.0 Å². The molecule has 1 saturated carbocycles. The number of nitrogens with zero attached hydrogens (tertiary/aromatic N) is 1. The average molecular weight is 493 g/mol. The topological polar surface area (TPSA) is 54.9 Å². The first-order valence-electron chi connectivity index (χ1n) is 9.49. The highest BCUT2D eigenvalue weighted by Gasteiger charge is 2.33. The van der Waals surface area contributed by atoms with Crippen molar-refractivity contribution >= 4 is 29.9 Å². The van der Waals surface area contributed by atoms with Gasteiger partial charge in [0, 0.05) is 33.9 Å². The number of rotatable bonds is 10. The lowest BCUT2D eigenvalue weighted by Gasteiger charge is -2.30. The zero-order valence-electron chi connectivity index (χ0n) is 16.4. The van der Waals surface area contributed by atoms with Crippen molar-refractivity contribution in [2.24, 2.45) is 10.4 Å². The van der Waals surface area contributed by atoms with E-state index in [9.17, 15) is 4.39 Å². The van der Waals surface area contributed by atoms with Crippen LogP contribution in [0, 0.1) is 11.2 Å². The maximum atomic E-state index is 12.8. The standard InChI is InChI=1S/C20H32FN3O2.HI/c1-22-19(24-16-20(12-15-25-2)10-3-4-11-20)23-13-5-14-26-18-8-6-17(21)7-9-18;/h6-9H,3-5,10-16H2,1-2H3,(H2,22,23,24);1H. The van der Waals surface area contributed by atoms with Gasteiger partial charge in [0.1, 0.15) is 11.6 Å². The molecule has 0 saturated heterocycles. The largest absolute Gasteiger partial charge is 0.494 e. The normalized spacial score (nSPS) is 15.9. The smallest absolute Gasteiger partial charge is 0.190 e. The van der Waals surface area contributed by atoms with Gasteiger partial charge in [0.15, 0.2) is 5.96 Å². The molecule has 5 nitrogen and oxygen atoms in total. The molecular formula is C20H33FIN3O2. The van der Waals surface area contributed by atoms with Gasteiger partial charge in [-0.05, 0) is 55.4 Å². The molecular weight excluding hydrogens is 460 g/mol. The van der Waals surface area contributed by atoms with Gasteiger partial charge in [0.2, 0.25) is 0 Å². The fourth-order valence-corrected chi connectivity index (χ4v) is 3.45. The van der Waals surface area contributed by atoms with Gasteiger partial charge < -0.3 is 20.1 Å². The third-order valence-electron chi connectivity index (χ3n) is 5.05. The number of guanidine groups is 1. The lowest BCUT2D eigenvalue weighted by atomic mass is 9.83. The zero-order chi connectivity index (χ0) is 18.7. The minimum Gasteiger partial charge on any atom is -0.494 e. The summed E-state index contributed by atoms with van der Waals surface area (Å²) in [7, 11) is 3.56. The van der Waals surface area contributed by atoms with Crippen molar-refractivity contribution in [2.75, 3.05) is 40.5 Å². The molecule has 0 radical (unpaired) electrons. The lowest BCUT2D eigenvalue weighted by molar-refractivity contribution is 0.138. The Hall–Kier alpha value is -1.09. The summed E-state index contributed by atoms with van der Waals surface area (Å²) < 4.78 is 23.7. The van der Waals surface area contributed by atoms with Crippen LogP contribution in [0.5, 0.6) is 5.75 Å². The third-order valence-corrected chi connectivity index (χ3v) is 5.05. The Morgan fingerprint density at radius 3 is 2.48 bits per heavy atom. The SMILES string of the molecule is CN=C(NCCCOc1ccc(F)cc1)NCC1(CCOC)CCCC1.I. The quantitative estimate of drug-likeness (QED) is 0.224. The second-order valence-electron chi connectivity index (χ2n) is 6.96. The molecule has 0 aromatic heterocycles. The van der Waals surface area contributed by atoms with E-state index in [-0.39, 0.29) is 29.8 Å². The summed E-state index contributed by atoms with van der Waals surface area (Å²) in [4.78, 5) is 4.31. The molecule has 0 atom stereocenters. The number of hydrogen-bond donors (Lipinski definition) is 2. The van der Waals surface area contributed by atoms with Crippen LogP contribution < -0.4 is 15.4 Å². The van der Waals surface area contributed by atoms with Crippen LogP contribution in [0.15, 0.2) is 29.3 Å². The predicted molar refractivity (Wildman–Crippen MR) is 119 cm³/mol. The number of methoxy groups -OCH3 is 1. The maximum Gasteiger partial charge on any atom is 0.190 e. The van der Waals surface area contributed by atoms with Crippen molar-refractivity contribution in [1.29, 1.82) is 0 Å². The van der Waals surface area contributed by atoms with Crippen LogP contribution in [0.25, 0.3) is 0 Å². The van der Waals surface area contributed by atoms with E-state index < -0.39 is 0 Å². The highest BCUT2D eigenvalue weighted by atomic mass is 127. The van der Waals surface area contributed by atoms with E-state index in [1.54, 1.807) is 26.3 Å².